The number of ether oxygens (including phenoxy) is 1. The minimum atomic E-state index is -0.320. The average Bonchev–Trinajstić information content (AvgIpc) is 2.62. The van der Waals surface area contributed by atoms with Crippen molar-refractivity contribution in [2.24, 2.45) is 11.3 Å². The van der Waals surface area contributed by atoms with Crippen LogP contribution in [0.2, 0.25) is 0 Å². The first-order chi connectivity index (χ1) is 10.5. The zero-order valence-electron chi connectivity index (χ0n) is 12.8. The van der Waals surface area contributed by atoms with Gasteiger partial charge in [-0.1, -0.05) is 22.9 Å². The fourth-order valence-corrected chi connectivity index (χ4v) is 4.05. The van der Waals surface area contributed by atoms with E-state index in [1.165, 1.54) is 0 Å². The standard InChI is InChI=1S/C18H21BrO3/c1-18-9-2-3-16(14(11-18)15(20)8-10-18)22-17(21)12-4-6-13(19)7-5-12/h4-7,14,16H,2-3,8-11H2,1H3/t14-,16+,18-/m0/s1. The molecule has 2 fully saturated rings. The Kier molecular flexibility index (Phi) is 4.40. The maximum atomic E-state index is 12.3. The van der Waals surface area contributed by atoms with Crippen LogP contribution >= 0.6 is 15.9 Å². The molecule has 2 saturated carbocycles. The summed E-state index contributed by atoms with van der Waals surface area (Å²) in [6, 6.07) is 7.14. The summed E-state index contributed by atoms with van der Waals surface area (Å²) in [5, 5.41) is 0. The summed E-state index contributed by atoms with van der Waals surface area (Å²) in [6.07, 6.45) is 5.18. The van der Waals surface area contributed by atoms with Gasteiger partial charge in [0.1, 0.15) is 11.9 Å². The zero-order chi connectivity index (χ0) is 15.7. The van der Waals surface area contributed by atoms with E-state index in [9.17, 15) is 9.59 Å². The van der Waals surface area contributed by atoms with Crippen LogP contribution in [0.25, 0.3) is 0 Å². The number of carbonyl (C=O) groups is 2. The Bertz CT molecular complexity index is 580. The molecule has 0 unspecified atom stereocenters. The summed E-state index contributed by atoms with van der Waals surface area (Å²) in [7, 11) is 0. The first-order valence-corrected chi connectivity index (χ1v) is 8.75. The van der Waals surface area contributed by atoms with E-state index in [1.54, 1.807) is 12.1 Å². The topological polar surface area (TPSA) is 43.4 Å². The van der Waals surface area contributed by atoms with Gasteiger partial charge in [0, 0.05) is 10.9 Å². The molecule has 118 valence electrons. The van der Waals surface area contributed by atoms with E-state index >= 15 is 0 Å². The van der Waals surface area contributed by atoms with E-state index in [0.717, 1.165) is 36.6 Å². The third-order valence-corrected chi connectivity index (χ3v) is 5.69. The molecule has 0 aromatic heterocycles. The van der Waals surface area contributed by atoms with Crippen molar-refractivity contribution in [1.29, 1.82) is 0 Å². The molecule has 2 aliphatic rings. The van der Waals surface area contributed by atoms with Gasteiger partial charge in [0.25, 0.3) is 0 Å². The Morgan fingerprint density at radius 1 is 1.27 bits per heavy atom. The molecule has 4 heteroatoms. The molecule has 0 radical (unpaired) electrons. The van der Waals surface area contributed by atoms with E-state index < -0.39 is 0 Å². The Balaban J connectivity index is 1.74. The number of Topliss-reactive ketones (excluding diaryl/α,β-unsaturated/α-hetero) is 1. The van der Waals surface area contributed by atoms with Gasteiger partial charge in [-0.25, -0.2) is 4.79 Å². The Labute approximate surface area is 139 Å². The van der Waals surface area contributed by atoms with Crippen LogP contribution in [0.3, 0.4) is 0 Å². The third-order valence-electron chi connectivity index (χ3n) is 5.16. The molecule has 3 rings (SSSR count). The molecule has 3 nitrogen and oxygen atoms in total. The van der Waals surface area contributed by atoms with E-state index in [0.29, 0.717) is 12.0 Å². The lowest BCUT2D eigenvalue weighted by Crippen LogP contribution is -2.38. The summed E-state index contributed by atoms with van der Waals surface area (Å²) in [5.74, 6) is -0.159. The predicted octanol–water partition coefficient (Wildman–Crippen LogP) is 4.53. The number of esters is 1. The molecule has 2 aliphatic carbocycles. The number of carbonyl (C=O) groups excluding carboxylic acids is 2. The predicted molar refractivity (Wildman–Crippen MR) is 87.7 cm³/mol. The van der Waals surface area contributed by atoms with Crippen LogP contribution in [0.1, 0.15) is 55.8 Å². The van der Waals surface area contributed by atoms with Crippen molar-refractivity contribution in [3.8, 4) is 0 Å². The maximum absolute atomic E-state index is 12.3. The van der Waals surface area contributed by atoms with Crippen LogP contribution in [-0.4, -0.2) is 17.9 Å². The van der Waals surface area contributed by atoms with Gasteiger partial charge in [-0.2, -0.15) is 0 Å². The molecule has 0 heterocycles. The summed E-state index contributed by atoms with van der Waals surface area (Å²) in [6.45, 7) is 2.27. The van der Waals surface area contributed by atoms with E-state index in [1.807, 2.05) is 12.1 Å². The molecule has 0 amide bonds. The quantitative estimate of drug-likeness (QED) is 0.723. The minimum absolute atomic E-state index is 0.111. The molecule has 0 N–H and O–H groups in total. The number of rotatable bonds is 2. The van der Waals surface area contributed by atoms with Crippen molar-refractivity contribution in [3.05, 3.63) is 34.3 Å². The van der Waals surface area contributed by atoms with Gasteiger partial charge in [0.05, 0.1) is 11.5 Å². The molecule has 1 aromatic rings. The van der Waals surface area contributed by atoms with Gasteiger partial charge in [-0.3, -0.25) is 4.79 Å². The number of ketones is 1. The largest absolute Gasteiger partial charge is 0.458 e. The second kappa shape index (κ2) is 6.15. The number of halogens is 1. The summed E-state index contributed by atoms with van der Waals surface area (Å²) < 4.78 is 6.65. The Hall–Kier alpha value is -1.16. The fourth-order valence-electron chi connectivity index (χ4n) is 3.79. The second-order valence-corrected chi connectivity index (χ2v) is 7.85. The molecule has 2 bridgehead atoms. The Morgan fingerprint density at radius 2 is 2.00 bits per heavy atom. The van der Waals surface area contributed by atoms with Crippen LogP contribution in [-0.2, 0) is 9.53 Å². The lowest BCUT2D eigenvalue weighted by molar-refractivity contribution is -0.131. The Morgan fingerprint density at radius 3 is 2.73 bits per heavy atom. The van der Waals surface area contributed by atoms with E-state index in [-0.39, 0.29) is 29.2 Å². The molecule has 3 atom stereocenters. The second-order valence-electron chi connectivity index (χ2n) is 6.93. The van der Waals surface area contributed by atoms with E-state index in [4.69, 9.17) is 4.74 Å². The molecular formula is C18H21BrO3. The highest BCUT2D eigenvalue weighted by Crippen LogP contribution is 2.46. The minimum Gasteiger partial charge on any atom is -0.458 e. The smallest absolute Gasteiger partial charge is 0.338 e. The van der Waals surface area contributed by atoms with Gasteiger partial charge in [0.15, 0.2) is 0 Å². The SMILES string of the molecule is C[C@@]12CCC[C@@H](OC(=O)c3ccc(Br)cc3)[C@@H](C1)C(=O)CC2. The van der Waals surface area contributed by atoms with Gasteiger partial charge in [-0.05, 0) is 61.8 Å². The van der Waals surface area contributed by atoms with Crippen molar-refractivity contribution < 1.29 is 14.3 Å². The molecule has 0 spiro atoms. The van der Waals surface area contributed by atoms with Crippen LogP contribution in [0.15, 0.2) is 28.7 Å². The van der Waals surface area contributed by atoms with Crippen LogP contribution < -0.4 is 0 Å². The number of hydrogen-bond donors (Lipinski definition) is 0. The number of benzene rings is 1. The summed E-state index contributed by atoms with van der Waals surface area (Å²) >= 11 is 3.36. The summed E-state index contributed by atoms with van der Waals surface area (Å²) in [4.78, 5) is 24.6. The molecule has 22 heavy (non-hydrogen) atoms. The van der Waals surface area contributed by atoms with Gasteiger partial charge in [0.2, 0.25) is 0 Å². The normalized spacial score (nSPS) is 31.5. The summed E-state index contributed by atoms with van der Waals surface area (Å²) in [5.41, 5.74) is 0.788. The first kappa shape index (κ1) is 15.7. The molecule has 0 saturated heterocycles. The number of hydrogen-bond acceptors (Lipinski definition) is 3. The zero-order valence-corrected chi connectivity index (χ0v) is 14.4. The molecule has 1 aromatic carbocycles. The lowest BCUT2D eigenvalue weighted by atomic mass is 9.69. The van der Waals surface area contributed by atoms with Crippen molar-refractivity contribution in [2.75, 3.05) is 0 Å². The van der Waals surface area contributed by atoms with Crippen molar-refractivity contribution in [3.63, 3.8) is 0 Å². The van der Waals surface area contributed by atoms with Crippen molar-refractivity contribution in [2.45, 2.75) is 51.6 Å². The highest BCUT2D eigenvalue weighted by molar-refractivity contribution is 9.10. The monoisotopic (exact) mass is 364 g/mol. The van der Waals surface area contributed by atoms with Gasteiger partial charge in [-0.15, -0.1) is 0 Å². The van der Waals surface area contributed by atoms with E-state index in [2.05, 4.69) is 22.9 Å². The molecule has 0 aliphatic heterocycles. The van der Waals surface area contributed by atoms with Crippen LogP contribution in [0.5, 0.6) is 0 Å². The highest BCUT2D eigenvalue weighted by atomic mass is 79.9. The number of fused-ring (bicyclic) bond motifs is 2. The maximum Gasteiger partial charge on any atom is 0.338 e. The average molecular weight is 365 g/mol. The third kappa shape index (κ3) is 3.27. The lowest BCUT2D eigenvalue weighted by Gasteiger charge is -2.36. The highest BCUT2D eigenvalue weighted by Gasteiger charge is 2.44. The van der Waals surface area contributed by atoms with Crippen LogP contribution in [0.4, 0.5) is 0 Å². The van der Waals surface area contributed by atoms with Crippen molar-refractivity contribution >= 4 is 27.7 Å². The van der Waals surface area contributed by atoms with Gasteiger partial charge < -0.3 is 4.74 Å². The van der Waals surface area contributed by atoms with Crippen molar-refractivity contribution in [1.82, 2.24) is 0 Å². The van der Waals surface area contributed by atoms with Crippen LogP contribution in [0, 0.1) is 11.3 Å². The fraction of sp³-hybridized carbons (Fsp3) is 0.556. The van der Waals surface area contributed by atoms with Gasteiger partial charge >= 0.3 is 5.97 Å². The first-order valence-electron chi connectivity index (χ1n) is 7.96. The molecular weight excluding hydrogens is 344 g/mol.